The molecule has 0 bridgehead atoms. The van der Waals surface area contributed by atoms with E-state index in [2.05, 4.69) is 15.3 Å². The Morgan fingerprint density at radius 2 is 1.87 bits per heavy atom. The molecule has 2 atom stereocenters. The van der Waals surface area contributed by atoms with Gasteiger partial charge in [0.05, 0.1) is 13.2 Å². The molecular formula is C21H29N5O5. The van der Waals surface area contributed by atoms with Gasteiger partial charge in [0.1, 0.15) is 11.6 Å². The van der Waals surface area contributed by atoms with Crippen LogP contribution in [0.1, 0.15) is 44.7 Å². The van der Waals surface area contributed by atoms with E-state index in [1.165, 1.54) is 12.0 Å². The Bertz CT molecular complexity index is 843. The van der Waals surface area contributed by atoms with Crippen LogP contribution in [-0.2, 0) is 32.0 Å². The Labute approximate surface area is 181 Å². The highest BCUT2D eigenvalue weighted by Gasteiger charge is 2.39. The van der Waals surface area contributed by atoms with Crippen LogP contribution in [0.2, 0.25) is 0 Å². The van der Waals surface area contributed by atoms with E-state index < -0.39 is 29.7 Å². The lowest BCUT2D eigenvalue weighted by molar-refractivity contribution is -0.150. The zero-order valence-corrected chi connectivity index (χ0v) is 18.3. The smallest absolute Gasteiger partial charge is 0.407 e. The van der Waals surface area contributed by atoms with Crippen molar-refractivity contribution in [1.82, 2.24) is 10.2 Å². The summed E-state index contributed by atoms with van der Waals surface area (Å²) in [4.78, 5) is 40.6. The van der Waals surface area contributed by atoms with Crippen molar-refractivity contribution in [2.45, 2.75) is 64.3 Å². The third kappa shape index (κ3) is 7.49. The molecule has 168 valence electrons. The summed E-state index contributed by atoms with van der Waals surface area (Å²) < 4.78 is 9.98. The first kappa shape index (κ1) is 24.0. The molecule has 1 aliphatic heterocycles. The normalized spacial score (nSPS) is 18.1. The summed E-state index contributed by atoms with van der Waals surface area (Å²) in [6, 6.07) is 6.38. The number of hydrogen-bond donors (Lipinski definition) is 1. The second-order valence-corrected chi connectivity index (χ2v) is 8.35. The van der Waals surface area contributed by atoms with E-state index in [0.29, 0.717) is 13.0 Å². The van der Waals surface area contributed by atoms with Crippen LogP contribution >= 0.6 is 0 Å². The van der Waals surface area contributed by atoms with Crippen LogP contribution in [0.3, 0.4) is 0 Å². The summed E-state index contributed by atoms with van der Waals surface area (Å²) in [5.41, 5.74) is 9.94. The number of hydrogen-bond acceptors (Lipinski definition) is 6. The Hall–Kier alpha value is -3.26. The number of methoxy groups -OCH3 is 1. The van der Waals surface area contributed by atoms with Crippen LogP contribution in [0.15, 0.2) is 29.4 Å². The number of rotatable bonds is 7. The maximum absolute atomic E-state index is 12.7. The van der Waals surface area contributed by atoms with E-state index in [1.54, 1.807) is 20.8 Å². The topological polar surface area (TPSA) is 134 Å². The maximum Gasteiger partial charge on any atom is 0.407 e. The molecule has 1 heterocycles. The number of benzene rings is 1. The largest absolute Gasteiger partial charge is 0.467 e. The van der Waals surface area contributed by atoms with Crippen molar-refractivity contribution >= 4 is 18.0 Å². The van der Waals surface area contributed by atoms with Crippen LogP contribution in [0.4, 0.5) is 4.79 Å². The monoisotopic (exact) mass is 431 g/mol. The number of nitrogens with one attached hydrogen (secondary N) is 1. The number of aryl methyl sites for hydroxylation is 1. The van der Waals surface area contributed by atoms with Gasteiger partial charge in [0.2, 0.25) is 5.91 Å². The van der Waals surface area contributed by atoms with Crippen LogP contribution < -0.4 is 5.32 Å². The molecule has 1 aromatic rings. The molecule has 1 saturated heterocycles. The second kappa shape index (κ2) is 10.7. The summed E-state index contributed by atoms with van der Waals surface area (Å²) >= 11 is 0. The van der Waals surface area contributed by atoms with Gasteiger partial charge in [-0.3, -0.25) is 4.79 Å². The van der Waals surface area contributed by atoms with Gasteiger partial charge in [0.15, 0.2) is 0 Å². The molecule has 0 spiro atoms. The predicted molar refractivity (Wildman–Crippen MR) is 113 cm³/mol. The number of azide groups is 1. The van der Waals surface area contributed by atoms with Gasteiger partial charge >= 0.3 is 12.1 Å². The van der Waals surface area contributed by atoms with Crippen molar-refractivity contribution in [3.8, 4) is 0 Å². The zero-order chi connectivity index (χ0) is 23.0. The van der Waals surface area contributed by atoms with Crippen molar-refractivity contribution in [3.05, 3.63) is 45.8 Å². The molecule has 1 N–H and O–H groups in total. The second-order valence-electron chi connectivity index (χ2n) is 8.35. The van der Waals surface area contributed by atoms with E-state index >= 15 is 0 Å². The van der Waals surface area contributed by atoms with Crippen molar-refractivity contribution in [3.63, 3.8) is 0 Å². The van der Waals surface area contributed by atoms with Gasteiger partial charge in [-0.25, -0.2) is 9.59 Å². The van der Waals surface area contributed by atoms with Crippen LogP contribution in [-0.4, -0.2) is 54.2 Å². The first-order valence-electron chi connectivity index (χ1n) is 10.1. The van der Waals surface area contributed by atoms with Crippen LogP contribution in [0, 0.1) is 0 Å². The molecule has 10 nitrogen and oxygen atoms in total. The molecule has 1 aromatic carbocycles. The number of carbonyl (C=O) groups excluding carboxylic acids is 3. The number of nitrogens with zero attached hydrogens (tertiary/aromatic N) is 4. The Morgan fingerprint density at radius 1 is 1.23 bits per heavy atom. The Kier molecular flexibility index (Phi) is 8.27. The summed E-state index contributed by atoms with van der Waals surface area (Å²) in [5, 5.41) is 6.34. The number of amides is 2. The molecule has 2 amide bonds. The van der Waals surface area contributed by atoms with Crippen molar-refractivity contribution < 1.29 is 23.9 Å². The number of esters is 1. The highest BCUT2D eigenvalue weighted by atomic mass is 16.6. The van der Waals surface area contributed by atoms with Crippen LogP contribution in [0.5, 0.6) is 0 Å². The Balaban J connectivity index is 1.88. The number of alkyl carbamates (subject to hydrolysis) is 1. The fourth-order valence-corrected chi connectivity index (χ4v) is 3.31. The summed E-state index contributed by atoms with van der Waals surface area (Å²) in [7, 11) is 1.27. The van der Waals surface area contributed by atoms with Crippen LogP contribution in [0.25, 0.3) is 10.4 Å². The molecule has 10 heteroatoms. The number of ether oxygens (including phenoxy) is 2. The fraction of sp³-hybridized carbons (Fsp3) is 0.571. The maximum atomic E-state index is 12.7. The average molecular weight is 431 g/mol. The number of likely N-dealkylation sites (tertiary alicyclic amines) is 1. The summed E-state index contributed by atoms with van der Waals surface area (Å²) in [5.74, 6) is -0.701. The van der Waals surface area contributed by atoms with Crippen molar-refractivity contribution in [2.75, 3.05) is 13.7 Å². The Morgan fingerprint density at radius 3 is 2.45 bits per heavy atom. The van der Waals surface area contributed by atoms with Gasteiger partial charge in [0.25, 0.3) is 0 Å². The third-order valence-electron chi connectivity index (χ3n) is 4.77. The van der Waals surface area contributed by atoms with Gasteiger partial charge in [-0.2, -0.15) is 0 Å². The average Bonchev–Trinajstić information content (AvgIpc) is 3.13. The lowest BCUT2D eigenvalue weighted by atomic mass is 10.1. The molecule has 1 fully saturated rings. The van der Waals surface area contributed by atoms with E-state index in [4.69, 9.17) is 15.0 Å². The van der Waals surface area contributed by atoms with Crippen molar-refractivity contribution in [1.29, 1.82) is 0 Å². The molecule has 31 heavy (non-hydrogen) atoms. The predicted octanol–water partition coefficient (Wildman–Crippen LogP) is 3.10. The molecule has 0 aromatic heterocycles. The molecule has 0 radical (unpaired) electrons. The summed E-state index contributed by atoms with van der Waals surface area (Å²) in [6.07, 6.45) is 0.496. The molecule has 0 saturated carbocycles. The van der Waals surface area contributed by atoms with Crippen molar-refractivity contribution in [2.24, 2.45) is 5.11 Å². The third-order valence-corrected chi connectivity index (χ3v) is 4.77. The standard InChI is InChI=1S/C21H29N5O5/c1-21(2,3)31-20(29)23-12-15-7-5-14(6-8-15)9-10-18(27)26-13-16(24-25-22)11-17(26)19(28)30-4/h5-8,16-17H,9-13H2,1-4H3,(H,23,29). The highest BCUT2D eigenvalue weighted by molar-refractivity contribution is 5.85. The molecule has 0 aliphatic carbocycles. The molecule has 2 unspecified atom stereocenters. The summed E-state index contributed by atoms with van der Waals surface area (Å²) in [6.45, 7) is 5.95. The molecule has 2 rings (SSSR count). The van der Waals surface area contributed by atoms with Gasteiger partial charge in [-0.1, -0.05) is 29.4 Å². The number of carbonyl (C=O) groups is 3. The van der Waals surface area contributed by atoms with Gasteiger partial charge < -0.3 is 19.7 Å². The highest BCUT2D eigenvalue weighted by Crippen LogP contribution is 2.23. The van der Waals surface area contributed by atoms with E-state index in [0.717, 1.165) is 11.1 Å². The minimum atomic E-state index is -0.727. The van der Waals surface area contributed by atoms with E-state index in [1.807, 2.05) is 24.3 Å². The SMILES string of the molecule is COC(=O)C1CC(N=[N+]=[N-])CN1C(=O)CCc1ccc(CNC(=O)OC(C)(C)C)cc1. The fourth-order valence-electron chi connectivity index (χ4n) is 3.31. The first-order chi connectivity index (χ1) is 14.6. The van der Waals surface area contributed by atoms with Gasteiger partial charge in [0, 0.05) is 24.4 Å². The van der Waals surface area contributed by atoms with Gasteiger partial charge in [-0.15, -0.1) is 0 Å². The lowest BCUT2D eigenvalue weighted by Gasteiger charge is -2.22. The van der Waals surface area contributed by atoms with E-state index in [-0.39, 0.29) is 25.3 Å². The zero-order valence-electron chi connectivity index (χ0n) is 18.3. The molecular weight excluding hydrogens is 402 g/mol. The minimum Gasteiger partial charge on any atom is -0.467 e. The quantitative estimate of drug-likeness (QED) is 0.306. The van der Waals surface area contributed by atoms with Gasteiger partial charge in [-0.05, 0) is 50.3 Å². The minimum absolute atomic E-state index is 0.193. The van der Waals surface area contributed by atoms with E-state index in [9.17, 15) is 14.4 Å². The lowest BCUT2D eigenvalue weighted by Crippen LogP contribution is -2.41. The first-order valence-corrected chi connectivity index (χ1v) is 10.1. The molecule has 1 aliphatic rings.